The van der Waals surface area contributed by atoms with Crippen molar-refractivity contribution in [2.75, 3.05) is 0 Å². The first-order valence-electron chi connectivity index (χ1n) is 7.13. The molecule has 1 saturated carbocycles. The van der Waals surface area contributed by atoms with E-state index in [0.29, 0.717) is 12.8 Å². The molecule has 0 aromatic rings. The summed E-state index contributed by atoms with van der Waals surface area (Å²) in [5, 5.41) is 28.7. The van der Waals surface area contributed by atoms with Crippen LogP contribution in [0.25, 0.3) is 0 Å². The van der Waals surface area contributed by atoms with Gasteiger partial charge in [0.1, 0.15) is 6.10 Å². The molecule has 0 radical (unpaired) electrons. The molecule has 5 nitrogen and oxygen atoms in total. The van der Waals surface area contributed by atoms with Crippen LogP contribution in [-0.4, -0.2) is 46.3 Å². The fraction of sp³-hybridized carbons (Fsp3) is 0.929. The van der Waals surface area contributed by atoms with Crippen LogP contribution < -0.4 is 0 Å². The van der Waals surface area contributed by atoms with Crippen molar-refractivity contribution in [3.05, 3.63) is 0 Å². The second kappa shape index (κ2) is 4.71. The molecular weight excluding hydrogens is 246 g/mol. The minimum Gasteiger partial charge on any atom is -0.390 e. The number of aliphatic hydroxyl groups excluding tert-OH is 2. The molecule has 0 aromatic heterocycles. The zero-order valence-electron chi connectivity index (χ0n) is 11.2. The summed E-state index contributed by atoms with van der Waals surface area (Å²) in [7, 11) is 0. The summed E-state index contributed by atoms with van der Waals surface area (Å²) < 4.78 is 12.1. The van der Waals surface area contributed by atoms with Gasteiger partial charge in [0.15, 0.2) is 0 Å². The quantitative estimate of drug-likeness (QED) is 0.771. The van der Waals surface area contributed by atoms with Crippen LogP contribution in [0.2, 0.25) is 0 Å². The Labute approximate surface area is 113 Å². The van der Waals surface area contributed by atoms with Crippen LogP contribution in [0.5, 0.6) is 0 Å². The van der Waals surface area contributed by atoms with E-state index in [0.717, 1.165) is 19.3 Å². The Hall–Kier alpha value is -0.670. The van der Waals surface area contributed by atoms with Crippen molar-refractivity contribution in [2.45, 2.75) is 75.1 Å². The van der Waals surface area contributed by atoms with Gasteiger partial charge in [0.25, 0.3) is 0 Å². The summed E-state index contributed by atoms with van der Waals surface area (Å²) in [6.45, 7) is 1.90. The Kier molecular flexibility index (Phi) is 3.30. The van der Waals surface area contributed by atoms with E-state index in [9.17, 15) is 10.2 Å². The largest absolute Gasteiger partial charge is 0.390 e. The minimum atomic E-state index is -0.795. The predicted octanol–water partition coefficient (Wildman–Crippen LogP) is 0.737. The summed E-state index contributed by atoms with van der Waals surface area (Å²) in [6.07, 6.45) is 1.78. The highest BCUT2D eigenvalue weighted by Crippen LogP contribution is 2.49. The monoisotopic (exact) mass is 267 g/mol. The molecule has 3 aliphatic rings. The molecule has 2 N–H and O–H groups in total. The maximum Gasteiger partial charge on any atom is 0.106 e. The molecule has 3 rings (SSSR count). The van der Waals surface area contributed by atoms with Crippen molar-refractivity contribution in [1.82, 2.24) is 0 Å². The Morgan fingerprint density at radius 1 is 1.37 bits per heavy atom. The third kappa shape index (κ3) is 2.17. The maximum absolute atomic E-state index is 9.94. The molecular formula is C14H21NO4. The van der Waals surface area contributed by atoms with E-state index in [2.05, 4.69) is 6.07 Å². The van der Waals surface area contributed by atoms with Gasteiger partial charge < -0.3 is 19.7 Å². The SMILES string of the molecule is CC(C#N)CC1CCC2O[C@@H]3CC2(C[C@@H](O)[C@H]3O)O1. The third-order valence-corrected chi connectivity index (χ3v) is 4.79. The van der Waals surface area contributed by atoms with Crippen LogP contribution in [0.15, 0.2) is 0 Å². The van der Waals surface area contributed by atoms with Gasteiger partial charge in [-0.1, -0.05) is 0 Å². The summed E-state index contributed by atoms with van der Waals surface area (Å²) >= 11 is 0. The van der Waals surface area contributed by atoms with Crippen LogP contribution in [0.4, 0.5) is 0 Å². The summed E-state index contributed by atoms with van der Waals surface area (Å²) in [4.78, 5) is 0. The molecule has 19 heavy (non-hydrogen) atoms. The molecule has 106 valence electrons. The van der Waals surface area contributed by atoms with Gasteiger partial charge in [0, 0.05) is 18.8 Å². The van der Waals surface area contributed by atoms with Crippen LogP contribution in [0, 0.1) is 17.2 Å². The molecule has 0 amide bonds. The molecule has 1 spiro atoms. The highest BCUT2D eigenvalue weighted by atomic mass is 16.6. The van der Waals surface area contributed by atoms with Crippen molar-refractivity contribution in [1.29, 1.82) is 5.26 Å². The smallest absolute Gasteiger partial charge is 0.106 e. The Bertz CT molecular complexity index is 395. The van der Waals surface area contributed by atoms with E-state index < -0.39 is 17.8 Å². The first-order valence-corrected chi connectivity index (χ1v) is 7.13. The van der Waals surface area contributed by atoms with E-state index in [1.165, 1.54) is 0 Å². The van der Waals surface area contributed by atoms with E-state index in [1.54, 1.807) is 0 Å². The average molecular weight is 267 g/mol. The lowest BCUT2D eigenvalue weighted by atomic mass is 9.76. The second-order valence-corrected chi connectivity index (χ2v) is 6.28. The molecule has 7 atom stereocenters. The number of hydrogen-bond donors (Lipinski definition) is 2. The van der Waals surface area contributed by atoms with Gasteiger partial charge in [-0.3, -0.25) is 0 Å². The highest BCUT2D eigenvalue weighted by molar-refractivity contribution is 5.09. The molecule has 3 fully saturated rings. The molecule has 4 unspecified atom stereocenters. The number of fused-ring (bicyclic) bond motifs is 1. The van der Waals surface area contributed by atoms with Crippen molar-refractivity contribution >= 4 is 0 Å². The van der Waals surface area contributed by atoms with Gasteiger partial charge in [0.05, 0.1) is 36.1 Å². The molecule has 2 aliphatic heterocycles. The molecule has 2 heterocycles. The van der Waals surface area contributed by atoms with Gasteiger partial charge >= 0.3 is 0 Å². The van der Waals surface area contributed by atoms with Crippen LogP contribution >= 0.6 is 0 Å². The van der Waals surface area contributed by atoms with Gasteiger partial charge in [-0.25, -0.2) is 0 Å². The molecule has 0 aromatic carbocycles. The van der Waals surface area contributed by atoms with Crippen molar-refractivity contribution < 1.29 is 19.7 Å². The molecule has 5 heteroatoms. The van der Waals surface area contributed by atoms with Crippen molar-refractivity contribution in [2.24, 2.45) is 5.92 Å². The third-order valence-electron chi connectivity index (χ3n) is 4.79. The number of ether oxygens (including phenoxy) is 2. The van der Waals surface area contributed by atoms with E-state index >= 15 is 0 Å². The van der Waals surface area contributed by atoms with Crippen LogP contribution in [0.3, 0.4) is 0 Å². The number of rotatable bonds is 2. The number of aliphatic hydroxyl groups is 2. The van der Waals surface area contributed by atoms with Gasteiger partial charge in [-0.05, 0) is 26.2 Å². The number of nitrogens with zero attached hydrogens (tertiary/aromatic N) is 1. The zero-order chi connectivity index (χ0) is 13.6. The Morgan fingerprint density at radius 2 is 2.16 bits per heavy atom. The van der Waals surface area contributed by atoms with E-state index in [1.807, 2.05) is 6.92 Å². The summed E-state index contributed by atoms with van der Waals surface area (Å²) in [5.74, 6) is -0.0184. The Morgan fingerprint density at radius 3 is 2.89 bits per heavy atom. The highest BCUT2D eigenvalue weighted by Gasteiger charge is 2.59. The normalized spacial score (nSPS) is 50.3. The lowest BCUT2D eigenvalue weighted by Crippen LogP contribution is -2.54. The summed E-state index contributed by atoms with van der Waals surface area (Å²) in [6, 6.07) is 2.24. The average Bonchev–Trinajstić information content (AvgIpc) is 2.70. The minimum absolute atomic E-state index is 0.0158. The van der Waals surface area contributed by atoms with Gasteiger partial charge in [0.2, 0.25) is 0 Å². The Balaban J connectivity index is 1.73. The first-order chi connectivity index (χ1) is 9.04. The predicted molar refractivity (Wildman–Crippen MR) is 66.1 cm³/mol. The standard InChI is InChI=1S/C14H21NO4/c1-8(7-15)4-9-2-3-12-14(19-9)5-10(16)13(17)11(6-14)18-12/h8-13,16-17H,2-6H2,1H3/t8?,9?,10-,11-,12?,13-,14?/m1/s1. The number of hydrogen-bond acceptors (Lipinski definition) is 5. The van der Waals surface area contributed by atoms with Crippen LogP contribution in [-0.2, 0) is 9.47 Å². The topological polar surface area (TPSA) is 82.7 Å². The van der Waals surface area contributed by atoms with Gasteiger partial charge in [-0.2, -0.15) is 5.26 Å². The lowest BCUT2D eigenvalue weighted by molar-refractivity contribution is -0.179. The number of nitriles is 1. The van der Waals surface area contributed by atoms with Crippen LogP contribution in [0.1, 0.15) is 39.0 Å². The maximum atomic E-state index is 9.94. The van der Waals surface area contributed by atoms with Crippen molar-refractivity contribution in [3.63, 3.8) is 0 Å². The van der Waals surface area contributed by atoms with Crippen molar-refractivity contribution in [3.8, 4) is 6.07 Å². The fourth-order valence-electron chi connectivity index (χ4n) is 3.84. The first kappa shape index (κ1) is 13.3. The van der Waals surface area contributed by atoms with E-state index in [-0.39, 0.29) is 24.2 Å². The second-order valence-electron chi connectivity index (χ2n) is 6.28. The summed E-state index contributed by atoms with van der Waals surface area (Å²) in [5.41, 5.74) is -0.443. The molecule has 1 aliphatic carbocycles. The zero-order valence-corrected chi connectivity index (χ0v) is 11.2. The lowest BCUT2D eigenvalue weighted by Gasteiger charge is -2.44. The molecule has 2 saturated heterocycles. The fourth-order valence-corrected chi connectivity index (χ4v) is 3.84. The van der Waals surface area contributed by atoms with Gasteiger partial charge in [-0.15, -0.1) is 0 Å². The molecule has 2 bridgehead atoms. The van der Waals surface area contributed by atoms with E-state index in [4.69, 9.17) is 14.7 Å².